The van der Waals surface area contributed by atoms with E-state index in [1.165, 1.54) is 11.8 Å². The fourth-order valence-corrected chi connectivity index (χ4v) is 8.69. The van der Waals surface area contributed by atoms with Gasteiger partial charge in [0.2, 0.25) is 5.91 Å². The topological polar surface area (TPSA) is 87.2 Å². The quantitative estimate of drug-likeness (QED) is 0.468. The van der Waals surface area contributed by atoms with Crippen LogP contribution in [0.2, 0.25) is 0 Å². The number of hydrogen-bond acceptors (Lipinski definition) is 6. The number of rotatable bonds is 5. The molecule has 7 nitrogen and oxygen atoms in total. The molecule has 0 bridgehead atoms. The average molecular weight is 533 g/mol. The summed E-state index contributed by atoms with van der Waals surface area (Å²) in [6.45, 7) is 4.36. The molecule has 38 heavy (non-hydrogen) atoms. The Labute approximate surface area is 226 Å². The van der Waals surface area contributed by atoms with E-state index in [4.69, 9.17) is 4.74 Å². The van der Waals surface area contributed by atoms with Crippen LogP contribution in [0.4, 0.5) is 5.69 Å². The molecule has 4 heterocycles. The van der Waals surface area contributed by atoms with Crippen LogP contribution >= 0.6 is 11.8 Å². The first-order chi connectivity index (χ1) is 18.4. The van der Waals surface area contributed by atoms with Gasteiger partial charge < -0.3 is 19.6 Å². The largest absolute Gasteiger partial charge is 0.461 e. The third-order valence-electron chi connectivity index (χ3n) is 8.24. The molecule has 0 saturated carbocycles. The third-order valence-corrected chi connectivity index (χ3v) is 9.99. The number of benzene rings is 2. The van der Waals surface area contributed by atoms with E-state index < -0.39 is 34.6 Å². The number of esters is 1. The van der Waals surface area contributed by atoms with Gasteiger partial charge in [-0.1, -0.05) is 68.5 Å². The number of carbonyl (C=O) groups excluding carboxylic acids is 3. The normalized spacial score (nSPS) is 31.2. The smallest absolute Gasteiger partial charge is 0.311 e. The molecule has 198 valence electrons. The summed E-state index contributed by atoms with van der Waals surface area (Å²) in [4.78, 5) is 45.4. The van der Waals surface area contributed by atoms with Gasteiger partial charge in [-0.25, -0.2) is 0 Å². The number of fused-ring (bicyclic) bond motifs is 3. The van der Waals surface area contributed by atoms with Crippen LogP contribution in [-0.4, -0.2) is 69.6 Å². The second-order valence-electron chi connectivity index (χ2n) is 11.0. The molecule has 0 radical (unpaired) electrons. The summed E-state index contributed by atoms with van der Waals surface area (Å²) >= 11 is 1.52. The van der Waals surface area contributed by atoms with Crippen molar-refractivity contribution < 1.29 is 24.2 Å². The van der Waals surface area contributed by atoms with Crippen LogP contribution < -0.4 is 4.90 Å². The van der Waals surface area contributed by atoms with Crippen LogP contribution in [0.15, 0.2) is 66.8 Å². The van der Waals surface area contributed by atoms with Crippen LogP contribution in [-0.2, 0) is 19.1 Å². The molecular weight excluding hydrogens is 500 g/mol. The lowest BCUT2D eigenvalue weighted by Crippen LogP contribution is -2.57. The molecule has 1 N–H and O–H groups in total. The van der Waals surface area contributed by atoms with Crippen molar-refractivity contribution in [2.24, 2.45) is 17.8 Å². The first-order valence-corrected chi connectivity index (χ1v) is 14.2. The Morgan fingerprint density at radius 1 is 1.08 bits per heavy atom. The van der Waals surface area contributed by atoms with Crippen molar-refractivity contribution >= 4 is 46.0 Å². The zero-order valence-electron chi connectivity index (χ0n) is 21.5. The van der Waals surface area contributed by atoms with E-state index in [0.717, 1.165) is 16.5 Å². The fourth-order valence-electron chi connectivity index (χ4n) is 6.70. The Hall–Kier alpha value is -3.10. The van der Waals surface area contributed by atoms with Crippen molar-refractivity contribution in [1.82, 2.24) is 4.90 Å². The van der Waals surface area contributed by atoms with Gasteiger partial charge in [-0.05, 0) is 35.2 Å². The van der Waals surface area contributed by atoms with Crippen LogP contribution in [0, 0.1) is 17.8 Å². The molecule has 1 spiro atoms. The second kappa shape index (κ2) is 9.58. The minimum Gasteiger partial charge on any atom is -0.461 e. The molecule has 2 aromatic carbocycles. The summed E-state index contributed by atoms with van der Waals surface area (Å²) < 4.78 is 4.52. The zero-order valence-corrected chi connectivity index (χ0v) is 22.3. The third kappa shape index (κ3) is 3.80. The van der Waals surface area contributed by atoms with Gasteiger partial charge in [0.05, 0.1) is 29.2 Å². The number of carbonyl (C=O) groups is 3. The first kappa shape index (κ1) is 25.2. The molecule has 4 aliphatic heterocycles. The first-order valence-electron chi connectivity index (χ1n) is 13.3. The summed E-state index contributed by atoms with van der Waals surface area (Å²) in [7, 11) is 0. The number of hydrogen-bond donors (Lipinski definition) is 1. The van der Waals surface area contributed by atoms with Crippen molar-refractivity contribution in [2.75, 3.05) is 24.7 Å². The number of thioether (sulfide) groups is 1. The standard InChI is InChI=1S/C30H32N2O5S/c1-18(2)15-22(17-33)32-26-28(35)31(21-11-10-19-7-3-4-8-20(19)16-21)13-6-12-30(26)25(27(32)34)24-23(38-30)9-5-14-37-29(24)36/h3-12,16,18,22-26,33H,13-15,17H2,1-2H3/t22-,23+,24-,25+,26?,30+/m1/s1. The Morgan fingerprint density at radius 2 is 1.87 bits per heavy atom. The number of amides is 2. The second-order valence-corrected chi connectivity index (χ2v) is 12.5. The molecule has 2 amide bonds. The zero-order chi connectivity index (χ0) is 26.6. The molecular formula is C30H32N2O5S. The van der Waals surface area contributed by atoms with E-state index in [9.17, 15) is 19.5 Å². The van der Waals surface area contributed by atoms with Crippen LogP contribution in [0.1, 0.15) is 20.3 Å². The predicted octanol–water partition coefficient (Wildman–Crippen LogP) is 3.56. The molecule has 2 saturated heterocycles. The van der Waals surface area contributed by atoms with Gasteiger partial charge in [0.1, 0.15) is 12.6 Å². The van der Waals surface area contributed by atoms with Gasteiger partial charge in [0.25, 0.3) is 5.91 Å². The maximum Gasteiger partial charge on any atom is 0.311 e. The van der Waals surface area contributed by atoms with Crippen molar-refractivity contribution in [1.29, 1.82) is 0 Å². The highest BCUT2D eigenvalue weighted by Crippen LogP contribution is 2.61. The Bertz CT molecular complexity index is 1360. The lowest BCUT2D eigenvalue weighted by atomic mass is 9.78. The number of aliphatic hydroxyl groups excluding tert-OH is 1. The van der Waals surface area contributed by atoms with E-state index in [1.807, 2.05) is 80.6 Å². The van der Waals surface area contributed by atoms with Crippen LogP contribution in [0.25, 0.3) is 10.8 Å². The number of ether oxygens (including phenoxy) is 1. The van der Waals surface area contributed by atoms with Crippen molar-refractivity contribution in [3.05, 3.63) is 66.8 Å². The van der Waals surface area contributed by atoms with E-state index in [1.54, 1.807) is 9.80 Å². The van der Waals surface area contributed by atoms with Gasteiger partial charge in [-0.15, -0.1) is 11.8 Å². The lowest BCUT2D eigenvalue weighted by Gasteiger charge is -2.39. The van der Waals surface area contributed by atoms with Gasteiger partial charge >= 0.3 is 5.97 Å². The Morgan fingerprint density at radius 3 is 2.63 bits per heavy atom. The summed E-state index contributed by atoms with van der Waals surface area (Å²) in [5.74, 6) is -2.05. The van der Waals surface area contributed by atoms with E-state index >= 15 is 0 Å². The van der Waals surface area contributed by atoms with E-state index in [-0.39, 0.29) is 36.2 Å². The molecule has 6 rings (SSSR count). The summed E-state index contributed by atoms with van der Waals surface area (Å²) in [6, 6.07) is 12.6. The van der Waals surface area contributed by atoms with E-state index in [2.05, 4.69) is 0 Å². The van der Waals surface area contributed by atoms with Gasteiger partial charge in [0, 0.05) is 17.5 Å². The highest BCUT2D eigenvalue weighted by atomic mass is 32.2. The highest BCUT2D eigenvalue weighted by molar-refractivity contribution is 8.02. The minimum atomic E-state index is -0.930. The summed E-state index contributed by atoms with van der Waals surface area (Å²) in [6.07, 6.45) is 8.27. The number of cyclic esters (lactones) is 1. The Kier molecular flexibility index (Phi) is 6.35. The van der Waals surface area contributed by atoms with E-state index in [0.29, 0.717) is 13.0 Å². The predicted molar refractivity (Wildman–Crippen MR) is 148 cm³/mol. The van der Waals surface area contributed by atoms with Crippen LogP contribution in [0.5, 0.6) is 0 Å². The minimum absolute atomic E-state index is 0.185. The van der Waals surface area contributed by atoms with Gasteiger partial charge in [-0.2, -0.15) is 0 Å². The maximum atomic E-state index is 14.6. The maximum absolute atomic E-state index is 14.6. The van der Waals surface area contributed by atoms with Crippen LogP contribution in [0.3, 0.4) is 0 Å². The molecule has 4 aliphatic rings. The van der Waals surface area contributed by atoms with Gasteiger partial charge in [-0.3, -0.25) is 14.4 Å². The number of nitrogens with zero attached hydrogens (tertiary/aromatic N) is 2. The van der Waals surface area contributed by atoms with Crippen molar-refractivity contribution in [3.63, 3.8) is 0 Å². The van der Waals surface area contributed by atoms with Gasteiger partial charge in [0.15, 0.2) is 0 Å². The molecule has 6 atom stereocenters. The molecule has 0 aromatic heterocycles. The monoisotopic (exact) mass is 532 g/mol. The highest BCUT2D eigenvalue weighted by Gasteiger charge is 2.71. The number of anilines is 1. The van der Waals surface area contributed by atoms with Crippen molar-refractivity contribution in [2.45, 2.75) is 42.3 Å². The molecule has 1 unspecified atom stereocenters. The van der Waals surface area contributed by atoms with Crippen molar-refractivity contribution in [3.8, 4) is 0 Å². The average Bonchev–Trinajstić information content (AvgIpc) is 3.21. The Balaban J connectivity index is 1.48. The summed E-state index contributed by atoms with van der Waals surface area (Å²) in [5, 5.41) is 12.3. The number of aliphatic hydroxyl groups is 1. The molecule has 8 heteroatoms. The summed E-state index contributed by atoms with van der Waals surface area (Å²) in [5.41, 5.74) is 0.757. The lowest BCUT2D eigenvalue weighted by molar-refractivity contribution is -0.152. The number of likely N-dealkylation sites (tertiary alicyclic amines) is 1. The molecule has 0 aliphatic carbocycles. The fraction of sp³-hybridized carbons (Fsp3) is 0.433. The SMILES string of the molecule is CC(C)C[C@H](CO)N1C(=O)[C@@H]2[C@@H]3C(=O)OCC=C[C@@H]3S[C@@]23C=CCN(c2ccc4ccccc4c2)C(=O)C13. The molecule has 2 aromatic rings. The molecule has 2 fully saturated rings.